The van der Waals surface area contributed by atoms with Gasteiger partial charge in [-0.3, -0.25) is 9.05 Å². The van der Waals surface area contributed by atoms with E-state index < -0.39 is 7.82 Å². The van der Waals surface area contributed by atoms with Gasteiger partial charge in [0.05, 0.1) is 13.2 Å². The lowest BCUT2D eigenvalue weighted by Crippen LogP contribution is -1.98. The number of unbranched alkanes of at least 4 members (excludes halogenated alkanes) is 2. The van der Waals surface area contributed by atoms with Gasteiger partial charge in [-0.15, -0.1) is 0 Å². The first kappa shape index (κ1) is 20.3. The molecule has 0 aliphatic carbocycles. The number of hydrogen-bond acceptors (Lipinski definition) is 4. The van der Waals surface area contributed by atoms with Crippen LogP contribution in [0.15, 0.2) is 12.4 Å². The lowest BCUT2D eigenvalue weighted by atomic mass is 10.4. The summed E-state index contributed by atoms with van der Waals surface area (Å²) in [5, 5.41) is 0. The van der Waals surface area contributed by atoms with Crippen LogP contribution in [0, 0.1) is 0 Å². The van der Waals surface area contributed by atoms with Gasteiger partial charge >= 0.3 is 7.82 Å². The van der Waals surface area contributed by atoms with E-state index in [2.05, 4.69) is 11.9 Å². The predicted octanol–water partition coefficient (Wildman–Crippen LogP) is 3.70. The average molecular weight is 320 g/mol. The molecule has 0 amide bonds. The van der Waals surface area contributed by atoms with Crippen LogP contribution >= 0.6 is 7.82 Å². The van der Waals surface area contributed by atoms with Crippen LogP contribution in [0.5, 0.6) is 0 Å². The van der Waals surface area contributed by atoms with Crippen molar-refractivity contribution < 1.29 is 18.5 Å². The molecule has 0 unspecified atom stereocenters. The second-order valence-electron chi connectivity index (χ2n) is 4.65. The van der Waals surface area contributed by atoms with Crippen LogP contribution in [-0.2, 0) is 27.1 Å². The van der Waals surface area contributed by atoms with E-state index in [9.17, 15) is 4.57 Å². The van der Waals surface area contributed by atoms with Gasteiger partial charge in [-0.1, -0.05) is 33.6 Å². The van der Waals surface area contributed by atoms with Crippen molar-refractivity contribution in [3.05, 3.63) is 18.2 Å². The molecule has 1 rings (SSSR count). The van der Waals surface area contributed by atoms with E-state index in [4.69, 9.17) is 13.9 Å². The quantitative estimate of drug-likeness (QED) is 0.555. The summed E-state index contributed by atoms with van der Waals surface area (Å²) in [6.45, 7) is 6.66. The molecule has 0 atom stereocenters. The Morgan fingerprint density at radius 1 is 1.19 bits per heavy atom. The molecule has 7 heteroatoms. The van der Waals surface area contributed by atoms with Crippen LogP contribution in [-0.4, -0.2) is 27.7 Å². The topological polar surface area (TPSA) is 73.6 Å². The highest BCUT2D eigenvalue weighted by Crippen LogP contribution is 2.43. The van der Waals surface area contributed by atoms with Gasteiger partial charge < -0.3 is 9.46 Å². The fourth-order valence-electron chi connectivity index (χ4n) is 1.42. The minimum absolute atomic E-state index is 0.288. The molecular formula is C14H29N2O4P. The molecule has 0 bridgehead atoms. The van der Waals surface area contributed by atoms with Gasteiger partial charge in [0.25, 0.3) is 0 Å². The van der Waals surface area contributed by atoms with Crippen LogP contribution in [0.2, 0.25) is 0 Å². The van der Waals surface area contributed by atoms with Crippen molar-refractivity contribution in [2.45, 2.75) is 52.9 Å². The molecule has 1 aromatic rings. The standard InChI is InChI=1S/C8H19O4P.C6H10N2/c1-3-5-7-11-13(9,10)12-8-6-4-2;1-3-6-7-4-5-8(6)2/h3-8H2,1-2H3,(H,9,10);4-5H,3H2,1-2H3. The van der Waals surface area contributed by atoms with Crippen molar-refractivity contribution in [2.75, 3.05) is 13.2 Å². The van der Waals surface area contributed by atoms with Crippen LogP contribution in [0.4, 0.5) is 0 Å². The Bertz CT molecular complexity index is 395. The maximum absolute atomic E-state index is 11.1. The second kappa shape index (κ2) is 11.9. The van der Waals surface area contributed by atoms with Crippen LogP contribution in [0.3, 0.4) is 0 Å². The van der Waals surface area contributed by atoms with Crippen molar-refractivity contribution in [3.63, 3.8) is 0 Å². The summed E-state index contributed by atoms with van der Waals surface area (Å²) in [5.41, 5.74) is 0. The van der Waals surface area contributed by atoms with E-state index in [0.29, 0.717) is 0 Å². The van der Waals surface area contributed by atoms with Crippen molar-refractivity contribution in [1.82, 2.24) is 9.55 Å². The van der Waals surface area contributed by atoms with Crippen molar-refractivity contribution in [3.8, 4) is 0 Å². The summed E-state index contributed by atoms with van der Waals surface area (Å²) < 4.78 is 22.5. The minimum Gasteiger partial charge on any atom is -0.338 e. The predicted molar refractivity (Wildman–Crippen MR) is 84.1 cm³/mol. The highest BCUT2D eigenvalue weighted by molar-refractivity contribution is 7.47. The highest BCUT2D eigenvalue weighted by Gasteiger charge is 2.19. The Balaban J connectivity index is 0.000000423. The average Bonchev–Trinajstić information content (AvgIpc) is 2.85. The first-order valence-electron chi connectivity index (χ1n) is 7.54. The lowest BCUT2D eigenvalue weighted by Gasteiger charge is -2.10. The Hall–Kier alpha value is -0.680. The number of aryl methyl sites for hydroxylation is 2. The summed E-state index contributed by atoms with van der Waals surface area (Å²) in [7, 11) is -1.75. The number of hydrogen-bond donors (Lipinski definition) is 1. The summed E-state index contributed by atoms with van der Waals surface area (Å²) in [6, 6.07) is 0. The van der Waals surface area contributed by atoms with Crippen LogP contribution in [0.25, 0.3) is 0 Å². The second-order valence-corrected chi connectivity index (χ2v) is 6.10. The smallest absolute Gasteiger partial charge is 0.338 e. The summed E-state index contributed by atoms with van der Waals surface area (Å²) >= 11 is 0. The first-order chi connectivity index (χ1) is 9.96. The van der Waals surface area contributed by atoms with Crippen molar-refractivity contribution in [1.29, 1.82) is 0 Å². The lowest BCUT2D eigenvalue weighted by molar-refractivity contribution is 0.146. The molecule has 124 valence electrons. The Morgan fingerprint density at radius 2 is 1.71 bits per heavy atom. The van der Waals surface area contributed by atoms with Gasteiger partial charge in [0, 0.05) is 25.9 Å². The molecule has 0 radical (unpaired) electrons. The highest BCUT2D eigenvalue weighted by atomic mass is 31.2. The third-order valence-corrected chi connectivity index (χ3v) is 3.76. The first-order valence-corrected chi connectivity index (χ1v) is 9.04. The molecule has 1 N–H and O–H groups in total. The molecule has 0 spiro atoms. The number of rotatable bonds is 9. The van der Waals surface area contributed by atoms with Crippen molar-refractivity contribution >= 4 is 7.82 Å². The van der Waals surface area contributed by atoms with E-state index in [1.807, 2.05) is 37.9 Å². The molecule has 6 nitrogen and oxygen atoms in total. The number of nitrogens with zero attached hydrogens (tertiary/aromatic N) is 2. The van der Waals surface area contributed by atoms with Gasteiger partial charge in [-0.05, 0) is 12.8 Å². The number of phosphoric acid groups is 1. The van der Waals surface area contributed by atoms with Crippen LogP contribution < -0.4 is 0 Å². The van der Waals surface area contributed by atoms with E-state index in [1.165, 1.54) is 0 Å². The molecule has 21 heavy (non-hydrogen) atoms. The maximum Gasteiger partial charge on any atom is 0.472 e. The van der Waals surface area contributed by atoms with Gasteiger partial charge in [0.1, 0.15) is 5.82 Å². The molecule has 0 aromatic carbocycles. The maximum atomic E-state index is 11.1. The molecule has 0 saturated heterocycles. The van der Waals surface area contributed by atoms with Crippen LogP contribution in [0.1, 0.15) is 52.3 Å². The molecule has 0 aliphatic heterocycles. The Morgan fingerprint density at radius 3 is 2.00 bits per heavy atom. The molecule has 1 heterocycles. The molecule has 1 aromatic heterocycles. The third kappa shape index (κ3) is 10.7. The number of aromatic nitrogens is 2. The van der Waals surface area contributed by atoms with E-state index in [1.54, 1.807) is 0 Å². The van der Waals surface area contributed by atoms with Gasteiger partial charge in [0.2, 0.25) is 0 Å². The largest absolute Gasteiger partial charge is 0.472 e. The fraction of sp³-hybridized carbons (Fsp3) is 0.786. The zero-order chi connectivity index (χ0) is 16.1. The number of phosphoric ester groups is 1. The summed E-state index contributed by atoms with van der Waals surface area (Å²) in [4.78, 5) is 13.2. The zero-order valence-electron chi connectivity index (χ0n) is 13.6. The normalized spacial score (nSPS) is 11.1. The van der Waals surface area contributed by atoms with Gasteiger partial charge in [-0.25, -0.2) is 9.55 Å². The van der Waals surface area contributed by atoms with Crippen molar-refractivity contribution in [2.24, 2.45) is 7.05 Å². The summed E-state index contributed by atoms with van der Waals surface area (Å²) in [6.07, 6.45) is 8.23. The molecule has 0 fully saturated rings. The molecule has 0 saturated carbocycles. The zero-order valence-corrected chi connectivity index (χ0v) is 14.5. The molecule has 0 aliphatic rings. The van der Waals surface area contributed by atoms with E-state index >= 15 is 0 Å². The van der Waals surface area contributed by atoms with Gasteiger partial charge in [-0.2, -0.15) is 0 Å². The van der Waals surface area contributed by atoms with Gasteiger partial charge in [0.15, 0.2) is 0 Å². The van der Waals surface area contributed by atoms with E-state index in [-0.39, 0.29) is 13.2 Å². The third-order valence-electron chi connectivity index (χ3n) is 2.74. The minimum atomic E-state index is -3.75. The van der Waals surface area contributed by atoms with E-state index in [0.717, 1.165) is 37.9 Å². The summed E-state index contributed by atoms with van der Waals surface area (Å²) in [5.74, 6) is 1.14. The Kier molecular flexibility index (Phi) is 11.5. The SMILES string of the molecule is CCCCOP(=O)(O)OCCCC.CCc1nccn1C. The fourth-order valence-corrected chi connectivity index (χ4v) is 2.22. The Labute approximate surface area is 128 Å². The molecular weight excluding hydrogens is 291 g/mol. The number of imidazole rings is 1. The monoisotopic (exact) mass is 320 g/mol.